The van der Waals surface area contributed by atoms with Crippen molar-refractivity contribution in [3.63, 3.8) is 0 Å². The fraction of sp³-hybridized carbons (Fsp3) is 0.524. The molecule has 162 valence electrons. The van der Waals surface area contributed by atoms with Gasteiger partial charge in [0.25, 0.3) is 0 Å². The number of ether oxygens (including phenoxy) is 3. The zero-order valence-corrected chi connectivity index (χ0v) is 17.6. The highest BCUT2D eigenvalue weighted by molar-refractivity contribution is 6.32. The predicted molar refractivity (Wildman–Crippen MR) is 112 cm³/mol. The standard InChI is InChI=1S/C21H27ClN4O4/c22-17-3-1-2-4-19(17)29-9-5-16-13-18(24-23-16)20-14-26(8-12-30-20)21(27)15-25-6-10-28-11-7-25/h1-4,13,20H,5-12,14-15H2,(H,23,24)/t20-/m1/s1. The van der Waals surface area contributed by atoms with Gasteiger partial charge < -0.3 is 19.1 Å². The van der Waals surface area contributed by atoms with Gasteiger partial charge in [-0.25, -0.2) is 0 Å². The van der Waals surface area contributed by atoms with Crippen LogP contribution in [0.25, 0.3) is 0 Å². The Morgan fingerprint density at radius 1 is 1.23 bits per heavy atom. The van der Waals surface area contributed by atoms with E-state index in [0.29, 0.717) is 63.3 Å². The number of nitrogens with one attached hydrogen (secondary N) is 1. The maximum atomic E-state index is 12.7. The molecule has 0 spiro atoms. The number of hydrogen-bond donors (Lipinski definition) is 1. The molecule has 4 rings (SSSR count). The van der Waals surface area contributed by atoms with Crippen molar-refractivity contribution in [1.29, 1.82) is 0 Å². The average Bonchev–Trinajstić information content (AvgIpc) is 3.25. The van der Waals surface area contributed by atoms with Gasteiger partial charge in [-0.15, -0.1) is 0 Å². The Morgan fingerprint density at radius 3 is 2.90 bits per heavy atom. The van der Waals surface area contributed by atoms with Crippen molar-refractivity contribution in [3.05, 3.63) is 46.7 Å². The summed E-state index contributed by atoms with van der Waals surface area (Å²) in [6.07, 6.45) is 0.451. The number of H-pyrrole nitrogens is 1. The highest BCUT2D eigenvalue weighted by Crippen LogP contribution is 2.24. The molecule has 2 saturated heterocycles. The SMILES string of the molecule is O=C(CN1CCOCC1)N1CCO[C@@H](c2cc(CCOc3ccccc3Cl)[nH]n2)C1. The Balaban J connectivity index is 1.27. The fourth-order valence-electron chi connectivity index (χ4n) is 3.61. The molecule has 1 aromatic heterocycles. The van der Waals surface area contributed by atoms with Gasteiger partial charge >= 0.3 is 0 Å². The van der Waals surface area contributed by atoms with E-state index in [0.717, 1.165) is 24.5 Å². The first-order valence-corrected chi connectivity index (χ1v) is 10.7. The Morgan fingerprint density at radius 2 is 2.07 bits per heavy atom. The second-order valence-electron chi connectivity index (χ2n) is 7.43. The molecule has 1 atom stereocenters. The zero-order chi connectivity index (χ0) is 20.8. The minimum atomic E-state index is -0.220. The smallest absolute Gasteiger partial charge is 0.236 e. The van der Waals surface area contributed by atoms with E-state index in [1.54, 1.807) is 6.07 Å². The number of rotatable bonds is 7. The lowest BCUT2D eigenvalue weighted by molar-refractivity contribution is -0.141. The first-order chi connectivity index (χ1) is 14.7. The number of carbonyl (C=O) groups excluding carboxylic acids is 1. The highest BCUT2D eigenvalue weighted by atomic mass is 35.5. The van der Waals surface area contributed by atoms with Crippen molar-refractivity contribution in [2.45, 2.75) is 12.5 Å². The lowest BCUT2D eigenvalue weighted by Gasteiger charge is -2.34. The number of carbonyl (C=O) groups is 1. The van der Waals surface area contributed by atoms with Gasteiger partial charge in [-0.05, 0) is 18.2 Å². The van der Waals surface area contributed by atoms with Crippen LogP contribution in [0.2, 0.25) is 5.02 Å². The van der Waals surface area contributed by atoms with E-state index in [1.165, 1.54) is 0 Å². The van der Waals surface area contributed by atoms with Crippen molar-refractivity contribution in [1.82, 2.24) is 20.0 Å². The van der Waals surface area contributed by atoms with Crippen LogP contribution in [0, 0.1) is 0 Å². The molecule has 0 saturated carbocycles. The zero-order valence-electron chi connectivity index (χ0n) is 16.9. The summed E-state index contributed by atoms with van der Waals surface area (Å²) in [6, 6.07) is 9.39. The third-order valence-electron chi connectivity index (χ3n) is 5.33. The predicted octanol–water partition coefficient (Wildman–Crippen LogP) is 1.92. The molecule has 9 heteroatoms. The van der Waals surface area contributed by atoms with Gasteiger partial charge in [0.05, 0.1) is 50.2 Å². The van der Waals surface area contributed by atoms with Crippen LogP contribution in [-0.4, -0.2) is 85.1 Å². The van der Waals surface area contributed by atoms with E-state index in [2.05, 4.69) is 15.1 Å². The third kappa shape index (κ3) is 5.51. The Bertz CT molecular complexity index is 840. The van der Waals surface area contributed by atoms with E-state index >= 15 is 0 Å². The molecule has 0 bridgehead atoms. The van der Waals surface area contributed by atoms with Crippen molar-refractivity contribution < 1.29 is 19.0 Å². The number of aromatic nitrogens is 2. The van der Waals surface area contributed by atoms with Crippen LogP contribution >= 0.6 is 11.6 Å². The summed E-state index contributed by atoms with van der Waals surface area (Å²) in [6.45, 7) is 5.55. The van der Waals surface area contributed by atoms with Gasteiger partial charge in [0.15, 0.2) is 0 Å². The van der Waals surface area contributed by atoms with E-state index in [1.807, 2.05) is 29.2 Å². The number of amides is 1. The van der Waals surface area contributed by atoms with Crippen molar-refractivity contribution in [3.8, 4) is 5.75 Å². The number of nitrogens with zero attached hydrogens (tertiary/aromatic N) is 3. The Hall–Kier alpha value is -2.13. The normalized spacial score (nSPS) is 20.3. The van der Waals surface area contributed by atoms with Crippen molar-refractivity contribution in [2.75, 3.05) is 59.2 Å². The number of halogens is 1. The average molecular weight is 435 g/mol. The lowest BCUT2D eigenvalue weighted by atomic mass is 10.2. The molecule has 2 aliphatic heterocycles. The molecule has 8 nitrogen and oxygen atoms in total. The Kier molecular flexibility index (Phi) is 7.22. The molecule has 2 aromatic rings. The first-order valence-electron chi connectivity index (χ1n) is 10.3. The molecule has 0 radical (unpaired) electrons. The second-order valence-corrected chi connectivity index (χ2v) is 7.84. The quantitative estimate of drug-likeness (QED) is 0.717. The molecule has 1 amide bonds. The topological polar surface area (TPSA) is 79.9 Å². The third-order valence-corrected chi connectivity index (χ3v) is 5.64. The second kappa shape index (κ2) is 10.3. The first kappa shape index (κ1) is 21.1. The number of morpholine rings is 2. The van der Waals surface area contributed by atoms with Gasteiger partial charge in [0.1, 0.15) is 11.9 Å². The largest absolute Gasteiger partial charge is 0.492 e. The molecule has 2 fully saturated rings. The molecular weight excluding hydrogens is 408 g/mol. The van der Waals surface area contributed by atoms with Crippen LogP contribution in [0.15, 0.2) is 30.3 Å². The molecule has 0 unspecified atom stereocenters. The molecule has 1 N–H and O–H groups in total. The van der Waals surface area contributed by atoms with Crippen LogP contribution in [0.1, 0.15) is 17.5 Å². The maximum Gasteiger partial charge on any atom is 0.236 e. The minimum Gasteiger partial charge on any atom is -0.492 e. The Labute approximate surface area is 181 Å². The molecule has 3 heterocycles. The summed E-state index contributed by atoms with van der Waals surface area (Å²) in [5.41, 5.74) is 1.77. The van der Waals surface area contributed by atoms with Gasteiger partial charge in [-0.3, -0.25) is 14.8 Å². The van der Waals surface area contributed by atoms with E-state index < -0.39 is 0 Å². The fourth-order valence-corrected chi connectivity index (χ4v) is 3.80. The summed E-state index contributed by atoms with van der Waals surface area (Å²) in [5, 5.41) is 8.04. The number of aromatic amines is 1. The van der Waals surface area contributed by atoms with Gasteiger partial charge in [-0.1, -0.05) is 23.7 Å². The van der Waals surface area contributed by atoms with Crippen LogP contribution in [0.3, 0.4) is 0 Å². The highest BCUT2D eigenvalue weighted by Gasteiger charge is 2.28. The van der Waals surface area contributed by atoms with Gasteiger partial charge in [0.2, 0.25) is 5.91 Å². The van der Waals surface area contributed by atoms with Crippen molar-refractivity contribution >= 4 is 17.5 Å². The van der Waals surface area contributed by atoms with E-state index in [9.17, 15) is 4.79 Å². The van der Waals surface area contributed by atoms with Gasteiger partial charge in [-0.2, -0.15) is 5.10 Å². The van der Waals surface area contributed by atoms with E-state index in [-0.39, 0.29) is 12.0 Å². The summed E-state index contributed by atoms with van der Waals surface area (Å²) >= 11 is 6.11. The van der Waals surface area contributed by atoms with Crippen molar-refractivity contribution in [2.24, 2.45) is 0 Å². The summed E-state index contributed by atoms with van der Waals surface area (Å²) in [4.78, 5) is 16.7. The van der Waals surface area contributed by atoms with Crippen LogP contribution in [-0.2, 0) is 20.7 Å². The number of para-hydroxylation sites is 1. The molecule has 0 aliphatic carbocycles. The summed E-state index contributed by atoms with van der Waals surface area (Å²) < 4.78 is 17.0. The minimum absolute atomic E-state index is 0.133. The van der Waals surface area contributed by atoms with Crippen LogP contribution in [0.4, 0.5) is 0 Å². The molecule has 2 aliphatic rings. The summed E-state index contributed by atoms with van der Waals surface area (Å²) in [7, 11) is 0. The van der Waals surface area contributed by atoms with Gasteiger partial charge in [0, 0.05) is 31.7 Å². The summed E-state index contributed by atoms with van der Waals surface area (Å²) in [5.74, 6) is 0.804. The van der Waals surface area contributed by atoms with Crippen LogP contribution in [0.5, 0.6) is 5.75 Å². The monoisotopic (exact) mass is 434 g/mol. The van der Waals surface area contributed by atoms with Crippen LogP contribution < -0.4 is 4.74 Å². The molecule has 1 aromatic carbocycles. The molecular formula is C21H27ClN4O4. The number of hydrogen-bond acceptors (Lipinski definition) is 6. The lowest BCUT2D eigenvalue weighted by Crippen LogP contribution is -2.48. The van der Waals surface area contributed by atoms with E-state index in [4.69, 9.17) is 25.8 Å². The maximum absolute atomic E-state index is 12.7. The number of benzene rings is 1. The molecule has 30 heavy (non-hydrogen) atoms.